The second-order valence-corrected chi connectivity index (χ2v) is 3.86. The maximum Gasteiger partial charge on any atom is 0.126 e. The molecule has 2 aromatic heterocycles. The van der Waals surface area contributed by atoms with Crippen molar-refractivity contribution >= 4 is 11.6 Å². The molecule has 0 radical (unpaired) electrons. The van der Waals surface area contributed by atoms with E-state index in [-0.39, 0.29) is 0 Å². The Kier molecular flexibility index (Phi) is 3.27. The van der Waals surface area contributed by atoms with Crippen molar-refractivity contribution in [2.45, 2.75) is 19.9 Å². The molecule has 0 aromatic carbocycles. The van der Waals surface area contributed by atoms with Crippen molar-refractivity contribution < 1.29 is 0 Å². The van der Waals surface area contributed by atoms with E-state index in [2.05, 4.69) is 22.3 Å². The van der Waals surface area contributed by atoms with Gasteiger partial charge in [-0.1, -0.05) is 6.92 Å². The number of aromatic nitrogens is 3. The molecule has 2 heterocycles. The fourth-order valence-corrected chi connectivity index (χ4v) is 1.69. The fourth-order valence-electron chi connectivity index (χ4n) is 1.69. The maximum atomic E-state index is 5.90. The van der Waals surface area contributed by atoms with Crippen molar-refractivity contribution in [1.29, 1.82) is 0 Å². The number of hydrogen-bond acceptors (Lipinski definition) is 4. The third-order valence-corrected chi connectivity index (χ3v) is 2.56. The minimum Gasteiger partial charge on any atom is -0.384 e. The Labute approximate surface area is 101 Å². The van der Waals surface area contributed by atoms with Gasteiger partial charge >= 0.3 is 0 Å². The molecular formula is C12H17N5. The average Bonchev–Trinajstić information content (AvgIpc) is 2.72. The zero-order chi connectivity index (χ0) is 12.3. The van der Waals surface area contributed by atoms with E-state index in [1.807, 2.05) is 29.9 Å². The van der Waals surface area contributed by atoms with E-state index in [1.165, 1.54) is 0 Å². The molecule has 3 N–H and O–H groups in total. The molecule has 0 aliphatic rings. The van der Waals surface area contributed by atoms with Crippen LogP contribution in [0.3, 0.4) is 0 Å². The molecule has 0 unspecified atom stereocenters. The Morgan fingerprint density at radius 2 is 2.24 bits per heavy atom. The third-order valence-electron chi connectivity index (χ3n) is 2.56. The molecule has 0 aliphatic heterocycles. The first-order valence-electron chi connectivity index (χ1n) is 5.72. The molecular weight excluding hydrogens is 214 g/mol. The lowest BCUT2D eigenvalue weighted by atomic mass is 10.2. The van der Waals surface area contributed by atoms with Crippen molar-refractivity contribution in [1.82, 2.24) is 14.8 Å². The molecule has 0 saturated carbocycles. The first kappa shape index (κ1) is 11.4. The highest BCUT2D eigenvalue weighted by atomic mass is 15.3. The van der Waals surface area contributed by atoms with Crippen LogP contribution in [0.1, 0.15) is 13.3 Å². The molecule has 0 fully saturated rings. The first-order chi connectivity index (χ1) is 8.24. The lowest BCUT2D eigenvalue weighted by molar-refractivity contribution is 0.613. The minimum absolute atomic E-state index is 0.699. The molecule has 2 rings (SSSR count). The van der Waals surface area contributed by atoms with Crippen LogP contribution in [0.25, 0.3) is 11.3 Å². The second kappa shape index (κ2) is 4.86. The topological polar surface area (TPSA) is 68.8 Å². The molecule has 2 aromatic rings. The van der Waals surface area contributed by atoms with Crippen LogP contribution in [-0.4, -0.2) is 21.8 Å². The van der Waals surface area contributed by atoms with Crippen molar-refractivity contribution in [2.75, 3.05) is 18.1 Å². The van der Waals surface area contributed by atoms with Crippen molar-refractivity contribution in [3.05, 3.63) is 24.4 Å². The summed E-state index contributed by atoms with van der Waals surface area (Å²) in [6.45, 7) is 2.95. The molecule has 0 saturated heterocycles. The largest absolute Gasteiger partial charge is 0.384 e. The van der Waals surface area contributed by atoms with Crippen LogP contribution in [0, 0.1) is 0 Å². The summed E-state index contributed by atoms with van der Waals surface area (Å²) in [6, 6.07) is 5.78. The van der Waals surface area contributed by atoms with Gasteiger partial charge in [-0.3, -0.25) is 0 Å². The summed E-state index contributed by atoms with van der Waals surface area (Å²) in [6.07, 6.45) is 2.78. The number of anilines is 2. The Balaban J connectivity index is 2.35. The number of nitrogens with one attached hydrogen (secondary N) is 1. The summed E-state index contributed by atoms with van der Waals surface area (Å²) < 4.78 is 1.83. The lowest BCUT2D eigenvalue weighted by Gasteiger charge is -2.01. The monoisotopic (exact) mass is 231 g/mol. The van der Waals surface area contributed by atoms with Gasteiger partial charge in [-0.2, -0.15) is 5.10 Å². The Bertz CT molecular complexity index is 503. The van der Waals surface area contributed by atoms with E-state index in [4.69, 9.17) is 5.73 Å². The van der Waals surface area contributed by atoms with Gasteiger partial charge in [0, 0.05) is 31.4 Å². The average molecular weight is 231 g/mol. The number of rotatable bonds is 4. The van der Waals surface area contributed by atoms with E-state index in [0.29, 0.717) is 5.82 Å². The SMILES string of the molecule is CCCn1nc(-c2ccnc(NC)c2)cc1N. The van der Waals surface area contributed by atoms with Crippen LogP contribution in [0.5, 0.6) is 0 Å². The third kappa shape index (κ3) is 2.38. The molecule has 0 aliphatic carbocycles. The van der Waals surface area contributed by atoms with Gasteiger partial charge in [-0.15, -0.1) is 0 Å². The zero-order valence-corrected chi connectivity index (χ0v) is 10.1. The molecule has 5 nitrogen and oxygen atoms in total. The van der Waals surface area contributed by atoms with Gasteiger partial charge in [0.2, 0.25) is 0 Å². The van der Waals surface area contributed by atoms with Crippen LogP contribution >= 0.6 is 0 Å². The van der Waals surface area contributed by atoms with Gasteiger partial charge < -0.3 is 11.1 Å². The molecule has 0 spiro atoms. The summed E-state index contributed by atoms with van der Waals surface area (Å²) in [5.41, 5.74) is 7.81. The van der Waals surface area contributed by atoms with E-state index >= 15 is 0 Å². The summed E-state index contributed by atoms with van der Waals surface area (Å²) >= 11 is 0. The smallest absolute Gasteiger partial charge is 0.126 e. The van der Waals surface area contributed by atoms with E-state index < -0.39 is 0 Å². The maximum absolute atomic E-state index is 5.90. The molecule has 0 amide bonds. The van der Waals surface area contributed by atoms with E-state index in [1.54, 1.807) is 6.20 Å². The molecule has 17 heavy (non-hydrogen) atoms. The number of nitrogen functional groups attached to an aromatic ring is 1. The summed E-state index contributed by atoms with van der Waals surface area (Å²) in [5.74, 6) is 1.52. The van der Waals surface area contributed by atoms with Gasteiger partial charge in [0.1, 0.15) is 11.6 Å². The van der Waals surface area contributed by atoms with Gasteiger partial charge in [-0.05, 0) is 18.6 Å². The van der Waals surface area contributed by atoms with Gasteiger partial charge in [0.25, 0.3) is 0 Å². The Hall–Kier alpha value is -2.04. The summed E-state index contributed by atoms with van der Waals surface area (Å²) in [7, 11) is 1.84. The zero-order valence-electron chi connectivity index (χ0n) is 10.1. The number of pyridine rings is 1. The molecule has 0 bridgehead atoms. The predicted octanol–water partition coefficient (Wildman–Crippen LogP) is 1.98. The van der Waals surface area contributed by atoms with Crippen LogP contribution in [0.4, 0.5) is 11.6 Å². The van der Waals surface area contributed by atoms with Gasteiger partial charge in [0.15, 0.2) is 0 Å². The highest BCUT2D eigenvalue weighted by Crippen LogP contribution is 2.22. The van der Waals surface area contributed by atoms with Crippen molar-refractivity contribution in [3.8, 4) is 11.3 Å². The predicted molar refractivity (Wildman–Crippen MR) is 69.7 cm³/mol. The van der Waals surface area contributed by atoms with Gasteiger partial charge in [0.05, 0.1) is 5.69 Å². The molecule has 0 atom stereocenters. The number of nitrogens with zero attached hydrogens (tertiary/aromatic N) is 3. The van der Waals surface area contributed by atoms with Crippen LogP contribution in [0.2, 0.25) is 0 Å². The van der Waals surface area contributed by atoms with Crippen molar-refractivity contribution in [3.63, 3.8) is 0 Å². The fraction of sp³-hybridized carbons (Fsp3) is 0.333. The van der Waals surface area contributed by atoms with Crippen LogP contribution < -0.4 is 11.1 Å². The van der Waals surface area contributed by atoms with Crippen LogP contribution in [0.15, 0.2) is 24.4 Å². The van der Waals surface area contributed by atoms with Crippen LogP contribution in [-0.2, 0) is 6.54 Å². The quantitative estimate of drug-likeness (QED) is 0.844. The molecule has 90 valence electrons. The normalized spacial score (nSPS) is 10.5. The van der Waals surface area contributed by atoms with E-state index in [0.717, 1.165) is 30.0 Å². The lowest BCUT2D eigenvalue weighted by Crippen LogP contribution is -2.03. The molecule has 5 heteroatoms. The number of aryl methyl sites for hydroxylation is 1. The highest BCUT2D eigenvalue weighted by molar-refractivity contribution is 5.65. The van der Waals surface area contributed by atoms with E-state index in [9.17, 15) is 0 Å². The number of hydrogen-bond donors (Lipinski definition) is 2. The van der Waals surface area contributed by atoms with Crippen molar-refractivity contribution in [2.24, 2.45) is 0 Å². The first-order valence-corrected chi connectivity index (χ1v) is 5.72. The summed E-state index contributed by atoms with van der Waals surface area (Å²) in [5, 5.41) is 7.49. The number of nitrogens with two attached hydrogens (primary N) is 1. The Morgan fingerprint density at radius 1 is 1.41 bits per heavy atom. The summed E-state index contributed by atoms with van der Waals surface area (Å²) in [4.78, 5) is 4.17. The highest BCUT2D eigenvalue weighted by Gasteiger charge is 2.07. The minimum atomic E-state index is 0.699. The van der Waals surface area contributed by atoms with Gasteiger partial charge in [-0.25, -0.2) is 9.67 Å². The Morgan fingerprint density at radius 3 is 2.94 bits per heavy atom. The second-order valence-electron chi connectivity index (χ2n) is 3.86. The standard InChI is InChI=1S/C12H17N5/c1-3-6-17-11(13)8-10(16-17)9-4-5-15-12(7-9)14-2/h4-5,7-8H,3,6,13H2,1-2H3,(H,14,15).